The molecular weight excluding hydrogens is 350 g/mol. The molecule has 2 aromatic carbocycles. The summed E-state index contributed by atoms with van der Waals surface area (Å²) in [5.74, 6) is -0.220. The van der Waals surface area contributed by atoms with Gasteiger partial charge in [0.1, 0.15) is 0 Å². The maximum atomic E-state index is 12.5. The van der Waals surface area contributed by atoms with Crippen molar-refractivity contribution in [1.82, 2.24) is 5.32 Å². The summed E-state index contributed by atoms with van der Waals surface area (Å²) in [6.07, 6.45) is 5.70. The monoisotopic (exact) mass is 379 g/mol. The van der Waals surface area contributed by atoms with Crippen LogP contribution in [0.15, 0.2) is 42.5 Å². The summed E-state index contributed by atoms with van der Waals surface area (Å²) < 4.78 is 0. The Morgan fingerprint density at radius 2 is 1.79 bits per heavy atom. The molecule has 0 aliphatic heterocycles. The minimum atomic E-state index is -0.147. The minimum Gasteiger partial charge on any atom is -0.376 e. The first kappa shape index (κ1) is 19.9. The number of rotatable bonds is 6. The maximum Gasteiger partial charge on any atom is 0.251 e. The Morgan fingerprint density at radius 3 is 2.57 bits per heavy atom. The molecule has 2 aromatic rings. The second kappa shape index (κ2) is 9.40. The molecule has 2 amide bonds. The van der Waals surface area contributed by atoms with Gasteiger partial charge in [-0.25, -0.2) is 0 Å². The lowest BCUT2D eigenvalue weighted by Gasteiger charge is -2.22. The third-order valence-electron chi connectivity index (χ3n) is 5.18. The topological polar surface area (TPSA) is 70.2 Å². The van der Waals surface area contributed by atoms with Crippen LogP contribution in [-0.2, 0) is 4.79 Å². The summed E-state index contributed by atoms with van der Waals surface area (Å²) in [4.78, 5) is 24.8. The van der Waals surface area contributed by atoms with Crippen molar-refractivity contribution < 1.29 is 9.59 Å². The molecule has 1 saturated carbocycles. The number of hydrogen-bond acceptors (Lipinski definition) is 3. The first-order valence-corrected chi connectivity index (χ1v) is 10.0. The molecule has 3 rings (SSSR count). The van der Waals surface area contributed by atoms with Gasteiger partial charge in [-0.3, -0.25) is 9.59 Å². The zero-order valence-corrected chi connectivity index (χ0v) is 16.7. The average molecular weight is 380 g/mol. The fraction of sp³-hybridized carbons (Fsp3) is 0.391. The Labute approximate surface area is 166 Å². The zero-order chi connectivity index (χ0) is 19.9. The number of hydrogen-bond donors (Lipinski definition) is 3. The first-order valence-electron chi connectivity index (χ1n) is 10.0. The SMILES string of the molecule is Cc1ccc(C)c(NCC(=O)Nc2cccc(C(=O)NC3CCCCC3)c2)c1. The van der Waals surface area contributed by atoms with Crippen molar-refractivity contribution in [3.63, 3.8) is 0 Å². The molecule has 1 aliphatic rings. The Balaban J connectivity index is 1.55. The van der Waals surface area contributed by atoms with E-state index in [1.807, 2.05) is 32.0 Å². The number of amides is 2. The molecule has 5 heteroatoms. The molecule has 0 aromatic heterocycles. The first-order chi connectivity index (χ1) is 13.5. The molecule has 5 nitrogen and oxygen atoms in total. The van der Waals surface area contributed by atoms with Gasteiger partial charge in [-0.1, -0.05) is 37.5 Å². The molecule has 1 aliphatic carbocycles. The van der Waals surface area contributed by atoms with E-state index in [1.165, 1.54) is 19.3 Å². The lowest BCUT2D eigenvalue weighted by atomic mass is 9.95. The molecule has 148 valence electrons. The lowest BCUT2D eigenvalue weighted by molar-refractivity contribution is -0.114. The van der Waals surface area contributed by atoms with Gasteiger partial charge in [-0.15, -0.1) is 0 Å². The number of aryl methyl sites for hydroxylation is 2. The fourth-order valence-electron chi connectivity index (χ4n) is 3.56. The Bertz CT molecular complexity index is 841. The predicted molar refractivity (Wildman–Crippen MR) is 114 cm³/mol. The van der Waals surface area contributed by atoms with E-state index < -0.39 is 0 Å². The fourth-order valence-corrected chi connectivity index (χ4v) is 3.56. The van der Waals surface area contributed by atoms with Crippen LogP contribution in [0, 0.1) is 13.8 Å². The lowest BCUT2D eigenvalue weighted by Crippen LogP contribution is -2.36. The van der Waals surface area contributed by atoms with Gasteiger partial charge in [0.25, 0.3) is 5.91 Å². The van der Waals surface area contributed by atoms with Gasteiger partial charge in [0.15, 0.2) is 0 Å². The highest BCUT2D eigenvalue weighted by atomic mass is 16.2. The van der Waals surface area contributed by atoms with Crippen LogP contribution >= 0.6 is 0 Å². The largest absolute Gasteiger partial charge is 0.376 e. The third kappa shape index (κ3) is 5.59. The molecule has 0 heterocycles. The van der Waals surface area contributed by atoms with Crippen molar-refractivity contribution in [1.29, 1.82) is 0 Å². The van der Waals surface area contributed by atoms with Gasteiger partial charge < -0.3 is 16.0 Å². The highest BCUT2D eigenvalue weighted by molar-refractivity contribution is 5.98. The van der Waals surface area contributed by atoms with Crippen molar-refractivity contribution >= 4 is 23.2 Å². The van der Waals surface area contributed by atoms with Crippen molar-refractivity contribution in [2.75, 3.05) is 17.2 Å². The Hall–Kier alpha value is -2.82. The number of anilines is 2. The molecule has 0 unspecified atom stereocenters. The Morgan fingerprint density at radius 1 is 1.00 bits per heavy atom. The number of benzene rings is 2. The normalized spacial score (nSPS) is 14.4. The summed E-state index contributed by atoms with van der Waals surface area (Å²) in [5.41, 5.74) is 4.40. The molecular formula is C23H29N3O2. The summed E-state index contributed by atoms with van der Waals surface area (Å²) in [7, 11) is 0. The standard InChI is InChI=1S/C23H29N3O2/c1-16-11-12-17(2)21(13-16)24-15-22(27)25-20-10-6-7-18(14-20)23(28)26-19-8-4-3-5-9-19/h6-7,10-14,19,24H,3-5,8-9,15H2,1-2H3,(H,25,27)(H,26,28). The van der Waals surface area contributed by atoms with Crippen LogP contribution in [0.5, 0.6) is 0 Å². The van der Waals surface area contributed by atoms with E-state index in [0.29, 0.717) is 11.3 Å². The van der Waals surface area contributed by atoms with Gasteiger partial charge in [0, 0.05) is 23.0 Å². The van der Waals surface area contributed by atoms with Crippen LogP contribution < -0.4 is 16.0 Å². The van der Waals surface area contributed by atoms with E-state index in [0.717, 1.165) is 29.7 Å². The molecule has 0 saturated heterocycles. The number of carbonyl (C=O) groups excluding carboxylic acids is 2. The summed E-state index contributed by atoms with van der Waals surface area (Å²) in [5, 5.41) is 9.15. The van der Waals surface area contributed by atoms with Gasteiger partial charge in [0.05, 0.1) is 6.54 Å². The van der Waals surface area contributed by atoms with Crippen LogP contribution in [0.25, 0.3) is 0 Å². The molecule has 0 spiro atoms. The maximum absolute atomic E-state index is 12.5. The Kier molecular flexibility index (Phi) is 6.69. The van der Waals surface area contributed by atoms with Gasteiger partial charge >= 0.3 is 0 Å². The molecule has 0 radical (unpaired) electrons. The van der Waals surface area contributed by atoms with Crippen LogP contribution in [0.1, 0.15) is 53.6 Å². The van der Waals surface area contributed by atoms with Crippen molar-refractivity contribution in [3.8, 4) is 0 Å². The molecule has 28 heavy (non-hydrogen) atoms. The second-order valence-electron chi connectivity index (χ2n) is 7.61. The van der Waals surface area contributed by atoms with E-state index in [2.05, 4.69) is 16.0 Å². The van der Waals surface area contributed by atoms with E-state index in [4.69, 9.17) is 0 Å². The van der Waals surface area contributed by atoms with Crippen LogP contribution in [-0.4, -0.2) is 24.4 Å². The van der Waals surface area contributed by atoms with Crippen LogP contribution in [0.4, 0.5) is 11.4 Å². The van der Waals surface area contributed by atoms with E-state index >= 15 is 0 Å². The van der Waals surface area contributed by atoms with E-state index in [9.17, 15) is 9.59 Å². The van der Waals surface area contributed by atoms with Gasteiger partial charge in [0.2, 0.25) is 5.91 Å². The highest BCUT2D eigenvalue weighted by Gasteiger charge is 2.17. The zero-order valence-electron chi connectivity index (χ0n) is 16.7. The molecule has 3 N–H and O–H groups in total. The molecule has 1 fully saturated rings. The summed E-state index contributed by atoms with van der Waals surface area (Å²) >= 11 is 0. The highest BCUT2D eigenvalue weighted by Crippen LogP contribution is 2.19. The van der Waals surface area contributed by atoms with E-state index in [-0.39, 0.29) is 24.4 Å². The van der Waals surface area contributed by atoms with Crippen LogP contribution in [0.3, 0.4) is 0 Å². The van der Waals surface area contributed by atoms with Gasteiger partial charge in [-0.2, -0.15) is 0 Å². The quantitative estimate of drug-likeness (QED) is 0.696. The number of nitrogens with one attached hydrogen (secondary N) is 3. The van der Waals surface area contributed by atoms with E-state index in [1.54, 1.807) is 24.3 Å². The van der Waals surface area contributed by atoms with Crippen molar-refractivity contribution in [3.05, 3.63) is 59.2 Å². The van der Waals surface area contributed by atoms with Crippen LogP contribution in [0.2, 0.25) is 0 Å². The van der Waals surface area contributed by atoms with Crippen molar-refractivity contribution in [2.24, 2.45) is 0 Å². The average Bonchev–Trinajstić information content (AvgIpc) is 2.69. The third-order valence-corrected chi connectivity index (χ3v) is 5.18. The summed E-state index contributed by atoms with van der Waals surface area (Å²) in [6, 6.07) is 13.5. The predicted octanol–water partition coefficient (Wildman–Crippen LogP) is 4.42. The van der Waals surface area contributed by atoms with Crippen molar-refractivity contribution in [2.45, 2.75) is 52.0 Å². The molecule has 0 bridgehead atoms. The smallest absolute Gasteiger partial charge is 0.251 e. The molecule has 0 atom stereocenters. The second-order valence-corrected chi connectivity index (χ2v) is 7.61. The number of carbonyl (C=O) groups is 2. The summed E-state index contributed by atoms with van der Waals surface area (Å²) in [6.45, 7) is 4.20. The minimum absolute atomic E-state index is 0.0727. The van der Waals surface area contributed by atoms with Gasteiger partial charge in [-0.05, 0) is 62.1 Å².